The third kappa shape index (κ3) is 3.62. The zero-order valence-electron chi connectivity index (χ0n) is 14.6. The van der Waals surface area contributed by atoms with Gasteiger partial charge in [-0.15, -0.1) is 0 Å². The number of piperidine rings is 1. The highest BCUT2D eigenvalue weighted by atomic mass is 15.2. The summed E-state index contributed by atoms with van der Waals surface area (Å²) in [5, 5.41) is 9.62. The molecule has 0 bridgehead atoms. The summed E-state index contributed by atoms with van der Waals surface area (Å²) in [7, 11) is 0. The lowest BCUT2D eigenvalue weighted by Crippen LogP contribution is -2.52. The molecule has 2 heteroatoms. The summed E-state index contributed by atoms with van der Waals surface area (Å²) in [6, 6.07) is 3.89. The molecule has 0 aromatic rings. The van der Waals surface area contributed by atoms with Crippen LogP contribution in [0.4, 0.5) is 0 Å². The molecule has 1 aliphatic carbocycles. The van der Waals surface area contributed by atoms with Crippen molar-refractivity contribution in [3.8, 4) is 6.07 Å². The summed E-state index contributed by atoms with van der Waals surface area (Å²) in [6.45, 7) is 10.7. The fourth-order valence-electron chi connectivity index (χ4n) is 4.56. The van der Waals surface area contributed by atoms with Crippen molar-refractivity contribution in [3.63, 3.8) is 0 Å². The van der Waals surface area contributed by atoms with Gasteiger partial charge in [-0.1, -0.05) is 40.5 Å². The van der Waals surface area contributed by atoms with Gasteiger partial charge in [0.15, 0.2) is 0 Å². The molecule has 120 valence electrons. The first-order chi connectivity index (χ1) is 10.0. The Balaban J connectivity index is 2.14. The van der Waals surface area contributed by atoms with Gasteiger partial charge in [0.05, 0.1) is 12.0 Å². The highest BCUT2D eigenvalue weighted by Gasteiger charge is 2.41. The number of hydrogen-bond acceptors (Lipinski definition) is 2. The Hall–Kier alpha value is -0.550. The largest absolute Gasteiger partial charge is 0.296 e. The van der Waals surface area contributed by atoms with Crippen LogP contribution in [0.3, 0.4) is 0 Å². The number of nitriles is 1. The molecular weight excluding hydrogens is 256 g/mol. The molecule has 1 aliphatic heterocycles. The number of likely N-dealkylation sites (tertiary alicyclic amines) is 1. The minimum atomic E-state index is 0.265. The van der Waals surface area contributed by atoms with E-state index in [9.17, 15) is 5.26 Å². The Morgan fingerprint density at radius 2 is 1.90 bits per heavy atom. The van der Waals surface area contributed by atoms with Crippen molar-refractivity contribution < 1.29 is 0 Å². The monoisotopic (exact) mass is 290 g/mol. The first-order valence-corrected chi connectivity index (χ1v) is 9.18. The normalized spacial score (nSPS) is 35.4. The van der Waals surface area contributed by atoms with Crippen LogP contribution in [0.1, 0.15) is 79.1 Å². The minimum absolute atomic E-state index is 0.265. The Kier molecular flexibility index (Phi) is 5.72. The average molecular weight is 290 g/mol. The SMILES string of the molecule is CCC1CCCCN1C1CC(C(C)(C)CC)CCC1C#N. The summed E-state index contributed by atoms with van der Waals surface area (Å²) in [5.74, 6) is 1.05. The fourth-order valence-corrected chi connectivity index (χ4v) is 4.56. The molecule has 4 unspecified atom stereocenters. The molecule has 0 radical (unpaired) electrons. The number of nitrogens with zero attached hydrogens (tertiary/aromatic N) is 2. The smallest absolute Gasteiger partial charge is 0.0672 e. The van der Waals surface area contributed by atoms with E-state index >= 15 is 0 Å². The fraction of sp³-hybridized carbons (Fsp3) is 0.947. The van der Waals surface area contributed by atoms with Crippen molar-refractivity contribution in [3.05, 3.63) is 0 Å². The second-order valence-electron chi connectivity index (χ2n) is 7.95. The molecule has 21 heavy (non-hydrogen) atoms. The molecule has 0 amide bonds. The van der Waals surface area contributed by atoms with E-state index in [1.807, 2.05) is 0 Å². The quantitative estimate of drug-likeness (QED) is 0.729. The molecular formula is C19H34N2. The minimum Gasteiger partial charge on any atom is -0.296 e. The van der Waals surface area contributed by atoms with E-state index in [4.69, 9.17) is 0 Å². The maximum Gasteiger partial charge on any atom is 0.0672 e. The lowest BCUT2D eigenvalue weighted by Gasteiger charge is -2.49. The van der Waals surface area contributed by atoms with Crippen LogP contribution in [-0.2, 0) is 0 Å². The second-order valence-corrected chi connectivity index (χ2v) is 7.95. The van der Waals surface area contributed by atoms with E-state index in [0.717, 1.165) is 18.4 Å². The van der Waals surface area contributed by atoms with Gasteiger partial charge >= 0.3 is 0 Å². The van der Waals surface area contributed by atoms with Crippen molar-refractivity contribution in [2.75, 3.05) is 6.54 Å². The van der Waals surface area contributed by atoms with Gasteiger partial charge in [-0.2, -0.15) is 5.26 Å². The molecule has 0 aromatic carbocycles. The summed E-state index contributed by atoms with van der Waals surface area (Å²) in [6.07, 6.45) is 10.1. The topological polar surface area (TPSA) is 27.0 Å². The zero-order chi connectivity index (χ0) is 15.5. The number of hydrogen-bond donors (Lipinski definition) is 0. The lowest BCUT2D eigenvalue weighted by molar-refractivity contribution is 0.0109. The van der Waals surface area contributed by atoms with Crippen LogP contribution in [0, 0.1) is 28.6 Å². The van der Waals surface area contributed by atoms with Gasteiger partial charge in [-0.25, -0.2) is 0 Å². The van der Waals surface area contributed by atoms with Crippen LogP contribution < -0.4 is 0 Å². The maximum absolute atomic E-state index is 9.62. The molecule has 1 saturated heterocycles. The third-order valence-electron chi connectivity index (χ3n) is 6.57. The van der Waals surface area contributed by atoms with Crippen LogP contribution in [0.15, 0.2) is 0 Å². The Labute approximate surface area is 131 Å². The Morgan fingerprint density at radius 1 is 1.14 bits per heavy atom. The van der Waals surface area contributed by atoms with Gasteiger partial charge in [0.25, 0.3) is 0 Å². The molecule has 0 spiro atoms. The molecule has 1 saturated carbocycles. The van der Waals surface area contributed by atoms with E-state index in [1.165, 1.54) is 51.5 Å². The van der Waals surface area contributed by atoms with E-state index in [-0.39, 0.29) is 5.92 Å². The summed E-state index contributed by atoms with van der Waals surface area (Å²) < 4.78 is 0. The van der Waals surface area contributed by atoms with Gasteiger partial charge in [0.1, 0.15) is 0 Å². The molecule has 2 fully saturated rings. The highest BCUT2D eigenvalue weighted by Crippen LogP contribution is 2.44. The molecule has 2 rings (SSSR count). The van der Waals surface area contributed by atoms with Gasteiger partial charge in [-0.3, -0.25) is 4.90 Å². The molecule has 2 nitrogen and oxygen atoms in total. The van der Waals surface area contributed by atoms with Crippen LogP contribution >= 0.6 is 0 Å². The van der Waals surface area contributed by atoms with Crippen molar-refractivity contribution in [1.29, 1.82) is 5.26 Å². The van der Waals surface area contributed by atoms with Crippen molar-refractivity contribution in [1.82, 2.24) is 4.90 Å². The average Bonchev–Trinajstić information content (AvgIpc) is 2.54. The third-order valence-corrected chi connectivity index (χ3v) is 6.57. The Bertz CT molecular complexity index is 368. The molecule has 0 N–H and O–H groups in total. The van der Waals surface area contributed by atoms with E-state index in [1.54, 1.807) is 0 Å². The van der Waals surface area contributed by atoms with Crippen LogP contribution in [-0.4, -0.2) is 23.5 Å². The predicted octanol–water partition coefficient (Wildman–Crippen LogP) is 5.00. The van der Waals surface area contributed by atoms with Gasteiger partial charge < -0.3 is 0 Å². The summed E-state index contributed by atoms with van der Waals surface area (Å²) >= 11 is 0. The first kappa shape index (κ1) is 16.8. The molecule has 1 heterocycles. The van der Waals surface area contributed by atoms with Gasteiger partial charge in [0.2, 0.25) is 0 Å². The highest BCUT2D eigenvalue weighted by molar-refractivity contribution is 5.01. The molecule has 0 aromatic heterocycles. The second kappa shape index (κ2) is 7.14. The lowest BCUT2D eigenvalue weighted by atomic mass is 9.65. The predicted molar refractivity (Wildman–Crippen MR) is 88.9 cm³/mol. The van der Waals surface area contributed by atoms with Crippen molar-refractivity contribution in [2.24, 2.45) is 17.3 Å². The van der Waals surface area contributed by atoms with Gasteiger partial charge in [-0.05, 0) is 56.4 Å². The van der Waals surface area contributed by atoms with E-state index < -0.39 is 0 Å². The maximum atomic E-state index is 9.62. The first-order valence-electron chi connectivity index (χ1n) is 9.18. The standard InChI is InChI=1S/C19H34N2/c1-5-17-9-7-8-12-21(17)18-13-16(19(3,4)6-2)11-10-15(18)14-20/h15-18H,5-13H2,1-4H3. The van der Waals surface area contributed by atoms with E-state index in [2.05, 4.69) is 38.7 Å². The van der Waals surface area contributed by atoms with Crippen LogP contribution in [0.5, 0.6) is 0 Å². The Morgan fingerprint density at radius 3 is 2.52 bits per heavy atom. The molecule has 4 atom stereocenters. The summed E-state index contributed by atoms with van der Waals surface area (Å²) in [5.41, 5.74) is 0.427. The molecule has 2 aliphatic rings. The van der Waals surface area contributed by atoms with Crippen LogP contribution in [0.2, 0.25) is 0 Å². The number of rotatable bonds is 4. The van der Waals surface area contributed by atoms with E-state index in [0.29, 0.717) is 11.5 Å². The zero-order valence-corrected chi connectivity index (χ0v) is 14.6. The van der Waals surface area contributed by atoms with Crippen LogP contribution in [0.25, 0.3) is 0 Å². The van der Waals surface area contributed by atoms with Crippen molar-refractivity contribution in [2.45, 2.75) is 91.1 Å². The summed E-state index contributed by atoms with van der Waals surface area (Å²) in [4.78, 5) is 2.73. The van der Waals surface area contributed by atoms with Gasteiger partial charge in [0, 0.05) is 12.1 Å². The van der Waals surface area contributed by atoms with Crippen molar-refractivity contribution >= 4 is 0 Å².